The molecule has 2 fully saturated rings. The number of carbonyl (C=O) groups is 1. The minimum Gasteiger partial charge on any atom is -0.377 e. The molecule has 2 aromatic rings. The summed E-state index contributed by atoms with van der Waals surface area (Å²) in [7, 11) is -4.33. The van der Waals surface area contributed by atoms with Crippen LogP contribution in [0.4, 0.5) is 8.78 Å². The van der Waals surface area contributed by atoms with E-state index in [4.69, 9.17) is 4.74 Å². The van der Waals surface area contributed by atoms with Gasteiger partial charge in [-0.3, -0.25) is 9.69 Å². The lowest BCUT2D eigenvalue weighted by molar-refractivity contribution is -0.134. The summed E-state index contributed by atoms with van der Waals surface area (Å²) in [5.74, 6) is -2.34. The van der Waals surface area contributed by atoms with Crippen LogP contribution in [0.25, 0.3) is 0 Å². The first-order valence-corrected chi connectivity index (χ1v) is 13.2. The molecular formula is C22H27F2N3O4S2. The number of carbonyl (C=O) groups excluding carboxylic acids is 1. The maximum atomic E-state index is 14.0. The van der Waals surface area contributed by atoms with E-state index in [0.29, 0.717) is 13.1 Å². The number of sulfonamides is 1. The van der Waals surface area contributed by atoms with Gasteiger partial charge in [0.25, 0.3) is 0 Å². The maximum absolute atomic E-state index is 14.0. The Kier molecular flexibility index (Phi) is 7.75. The number of benzene rings is 1. The van der Waals surface area contributed by atoms with E-state index >= 15 is 0 Å². The highest BCUT2D eigenvalue weighted by Crippen LogP contribution is 2.24. The Bertz CT molecular complexity index is 1030. The number of hydrogen-bond donors (Lipinski definition) is 0. The third kappa shape index (κ3) is 5.78. The second kappa shape index (κ2) is 10.6. The number of rotatable bonds is 8. The first-order chi connectivity index (χ1) is 15.8. The summed E-state index contributed by atoms with van der Waals surface area (Å²) < 4.78 is 60.4. The summed E-state index contributed by atoms with van der Waals surface area (Å²) in [6, 6.07) is 6.98. The van der Waals surface area contributed by atoms with E-state index < -0.39 is 26.6 Å². The molecule has 2 aliphatic heterocycles. The van der Waals surface area contributed by atoms with Crippen LogP contribution in [0.15, 0.2) is 40.6 Å². The lowest BCUT2D eigenvalue weighted by atomic mass is 10.2. The quantitative estimate of drug-likeness (QED) is 0.558. The third-order valence-electron chi connectivity index (χ3n) is 5.91. The van der Waals surface area contributed by atoms with Gasteiger partial charge in [0, 0.05) is 50.8 Å². The molecule has 1 atom stereocenters. The average molecular weight is 500 g/mol. The van der Waals surface area contributed by atoms with Crippen LogP contribution >= 0.6 is 11.3 Å². The Morgan fingerprint density at radius 2 is 1.85 bits per heavy atom. The van der Waals surface area contributed by atoms with E-state index in [-0.39, 0.29) is 44.7 Å². The fourth-order valence-corrected chi connectivity index (χ4v) is 6.49. The van der Waals surface area contributed by atoms with Gasteiger partial charge in [-0.1, -0.05) is 12.1 Å². The molecule has 0 bridgehead atoms. The van der Waals surface area contributed by atoms with Gasteiger partial charge in [0.2, 0.25) is 15.9 Å². The van der Waals surface area contributed by atoms with Crippen LogP contribution in [0.2, 0.25) is 0 Å². The predicted octanol–water partition coefficient (Wildman–Crippen LogP) is 2.54. The topological polar surface area (TPSA) is 70.2 Å². The van der Waals surface area contributed by atoms with Crippen LogP contribution in [0, 0.1) is 11.6 Å². The third-order valence-corrected chi connectivity index (χ3v) is 8.72. The van der Waals surface area contributed by atoms with Gasteiger partial charge in [-0.15, -0.1) is 11.3 Å². The van der Waals surface area contributed by atoms with Gasteiger partial charge in [0.15, 0.2) is 4.90 Å². The summed E-state index contributed by atoms with van der Waals surface area (Å²) in [5.41, 5.74) is 0. The number of thiophene rings is 1. The average Bonchev–Trinajstić information content (AvgIpc) is 3.48. The molecule has 1 aromatic carbocycles. The standard InChI is InChI=1S/C22H27F2N3O4S2/c23-19-6-1-7-20(24)22(19)33(29,30)27-10-8-26(9-11-27)21(28)16-25(14-17-4-2-12-31-17)15-18-5-3-13-32-18/h1,3,5-7,13,17H,2,4,8-12,14-16H2/t17-/m1/s1. The summed E-state index contributed by atoms with van der Waals surface area (Å²) in [4.78, 5) is 16.9. The fourth-order valence-electron chi connectivity index (χ4n) is 4.21. The van der Waals surface area contributed by atoms with Crippen molar-refractivity contribution in [1.82, 2.24) is 14.1 Å². The molecule has 0 saturated carbocycles. The van der Waals surface area contributed by atoms with Gasteiger partial charge in [-0.2, -0.15) is 4.31 Å². The summed E-state index contributed by atoms with van der Waals surface area (Å²) in [6.45, 7) is 2.55. The van der Waals surface area contributed by atoms with Crippen molar-refractivity contribution in [2.45, 2.75) is 30.4 Å². The zero-order chi connectivity index (χ0) is 23.4. The number of nitrogens with zero attached hydrogens (tertiary/aromatic N) is 3. The molecule has 0 unspecified atom stereocenters. The molecule has 180 valence electrons. The highest BCUT2D eigenvalue weighted by molar-refractivity contribution is 7.89. The molecule has 2 aliphatic rings. The molecule has 0 N–H and O–H groups in total. The van der Waals surface area contributed by atoms with Crippen molar-refractivity contribution in [1.29, 1.82) is 0 Å². The molecule has 0 radical (unpaired) electrons. The molecule has 3 heterocycles. The summed E-state index contributed by atoms with van der Waals surface area (Å²) >= 11 is 1.63. The van der Waals surface area contributed by atoms with Crippen LogP contribution in [-0.4, -0.2) is 80.4 Å². The molecule has 0 spiro atoms. The molecule has 0 aliphatic carbocycles. The summed E-state index contributed by atoms with van der Waals surface area (Å²) in [6.07, 6.45) is 2.10. The van der Waals surface area contributed by atoms with Crippen LogP contribution < -0.4 is 0 Å². The zero-order valence-corrected chi connectivity index (χ0v) is 19.8. The number of amides is 1. The Labute approximate surface area is 196 Å². The Morgan fingerprint density at radius 1 is 1.12 bits per heavy atom. The van der Waals surface area contributed by atoms with Crippen molar-refractivity contribution in [2.75, 3.05) is 45.9 Å². The zero-order valence-electron chi connectivity index (χ0n) is 18.2. The van der Waals surface area contributed by atoms with Crippen LogP contribution in [0.5, 0.6) is 0 Å². The van der Waals surface area contributed by atoms with Crippen molar-refractivity contribution in [3.05, 3.63) is 52.2 Å². The monoisotopic (exact) mass is 499 g/mol. The fraction of sp³-hybridized carbons (Fsp3) is 0.500. The van der Waals surface area contributed by atoms with E-state index in [0.717, 1.165) is 46.8 Å². The highest BCUT2D eigenvalue weighted by Gasteiger charge is 2.34. The molecule has 1 amide bonds. The second-order valence-electron chi connectivity index (χ2n) is 8.22. The first kappa shape index (κ1) is 24.2. The minimum absolute atomic E-state index is 0.0154. The predicted molar refractivity (Wildman–Crippen MR) is 120 cm³/mol. The van der Waals surface area contributed by atoms with Gasteiger partial charge >= 0.3 is 0 Å². The minimum atomic E-state index is -4.33. The smallest absolute Gasteiger partial charge is 0.249 e. The maximum Gasteiger partial charge on any atom is 0.249 e. The van der Waals surface area contributed by atoms with E-state index in [1.54, 1.807) is 16.2 Å². The van der Waals surface area contributed by atoms with Gasteiger partial charge in [-0.25, -0.2) is 17.2 Å². The van der Waals surface area contributed by atoms with E-state index in [2.05, 4.69) is 4.90 Å². The molecule has 2 saturated heterocycles. The summed E-state index contributed by atoms with van der Waals surface area (Å²) in [5, 5.41) is 2.00. The normalized spacial score (nSPS) is 20.0. The molecular weight excluding hydrogens is 472 g/mol. The van der Waals surface area contributed by atoms with Gasteiger partial charge in [0.05, 0.1) is 12.6 Å². The largest absolute Gasteiger partial charge is 0.377 e. The molecule has 7 nitrogen and oxygen atoms in total. The Morgan fingerprint density at radius 3 is 2.45 bits per heavy atom. The Hall–Kier alpha value is -1.92. The highest BCUT2D eigenvalue weighted by atomic mass is 32.2. The lowest BCUT2D eigenvalue weighted by Gasteiger charge is -2.35. The SMILES string of the molecule is O=C(CN(Cc1cccs1)C[C@H]1CCCO1)N1CCN(S(=O)(=O)c2c(F)cccc2F)CC1. The van der Waals surface area contributed by atoms with E-state index in [1.807, 2.05) is 17.5 Å². The molecule has 33 heavy (non-hydrogen) atoms. The van der Waals surface area contributed by atoms with Crippen molar-refractivity contribution in [3.8, 4) is 0 Å². The number of piperazine rings is 1. The number of hydrogen-bond acceptors (Lipinski definition) is 6. The van der Waals surface area contributed by atoms with Crippen molar-refractivity contribution in [3.63, 3.8) is 0 Å². The Balaban J connectivity index is 1.37. The van der Waals surface area contributed by atoms with Crippen LogP contribution in [-0.2, 0) is 26.1 Å². The van der Waals surface area contributed by atoms with E-state index in [1.165, 1.54) is 0 Å². The first-order valence-electron chi connectivity index (χ1n) is 10.9. The van der Waals surface area contributed by atoms with Gasteiger partial charge in [0.1, 0.15) is 11.6 Å². The van der Waals surface area contributed by atoms with Crippen LogP contribution in [0.1, 0.15) is 17.7 Å². The van der Waals surface area contributed by atoms with Crippen LogP contribution in [0.3, 0.4) is 0 Å². The van der Waals surface area contributed by atoms with Gasteiger partial charge in [-0.05, 0) is 36.4 Å². The molecule has 4 rings (SSSR count). The van der Waals surface area contributed by atoms with Crippen molar-refractivity contribution < 1.29 is 26.7 Å². The molecule has 11 heteroatoms. The molecule has 1 aromatic heterocycles. The van der Waals surface area contributed by atoms with E-state index in [9.17, 15) is 22.0 Å². The number of halogens is 2. The van der Waals surface area contributed by atoms with Crippen molar-refractivity contribution >= 4 is 27.3 Å². The van der Waals surface area contributed by atoms with Crippen molar-refractivity contribution in [2.24, 2.45) is 0 Å². The van der Waals surface area contributed by atoms with Gasteiger partial charge < -0.3 is 9.64 Å². The lowest BCUT2D eigenvalue weighted by Crippen LogP contribution is -2.53. The second-order valence-corrected chi connectivity index (χ2v) is 11.1. The number of ether oxygens (including phenoxy) is 1.